The van der Waals surface area contributed by atoms with E-state index in [0.717, 1.165) is 55.4 Å². The second-order valence-corrected chi connectivity index (χ2v) is 12.4. The minimum Gasteiger partial charge on any atom is -0.256 e. The third-order valence-electron chi connectivity index (χ3n) is 9.14. The van der Waals surface area contributed by atoms with Crippen molar-refractivity contribution in [1.29, 1.82) is 0 Å². The van der Waals surface area contributed by atoms with Crippen molar-refractivity contribution in [3.8, 4) is 67.7 Å². The van der Waals surface area contributed by atoms with Crippen molar-refractivity contribution in [2.75, 3.05) is 0 Å². The van der Waals surface area contributed by atoms with E-state index >= 15 is 0 Å². The number of rotatable bonds is 6. The maximum Gasteiger partial charge on any atom is 0.164 e. The third-order valence-corrected chi connectivity index (χ3v) is 9.14. The van der Waals surface area contributed by atoms with E-state index in [2.05, 4.69) is 121 Å². The van der Waals surface area contributed by atoms with Crippen molar-refractivity contribution in [3.63, 3.8) is 0 Å². The van der Waals surface area contributed by atoms with Crippen molar-refractivity contribution in [2.24, 2.45) is 0 Å². The molecule has 2 heterocycles. The smallest absolute Gasteiger partial charge is 0.164 e. The summed E-state index contributed by atoms with van der Waals surface area (Å²) in [7, 11) is 0. The monoisotopic (exact) mass is 638 g/mol. The standard InChI is InChI=1S/C46H30N4/c1-4-10-31(11-5-1)32-16-18-35(19-17-32)45-48-44(34-14-8-3-9-15-34)49-46(50-45)39-23-22-38-27-41-26-36(20-21-37(41)28-42(38)29-39)40-24-25-43(47-30-40)33-12-6-2-7-13-33/h1-30H. The van der Waals surface area contributed by atoms with Gasteiger partial charge in [-0.05, 0) is 68.6 Å². The van der Waals surface area contributed by atoms with Crippen molar-refractivity contribution in [2.45, 2.75) is 0 Å². The van der Waals surface area contributed by atoms with E-state index in [4.69, 9.17) is 19.9 Å². The molecular weight excluding hydrogens is 609 g/mol. The van der Waals surface area contributed by atoms with E-state index in [9.17, 15) is 0 Å². The molecule has 0 aliphatic rings. The molecule has 234 valence electrons. The quantitative estimate of drug-likeness (QED) is 0.170. The highest BCUT2D eigenvalue weighted by molar-refractivity contribution is 6.01. The van der Waals surface area contributed by atoms with E-state index in [1.54, 1.807) is 0 Å². The Bertz CT molecular complexity index is 2600. The Balaban J connectivity index is 1.07. The highest BCUT2D eigenvalue weighted by atomic mass is 15.0. The van der Waals surface area contributed by atoms with E-state index in [0.29, 0.717) is 17.5 Å². The number of aromatic nitrogens is 4. The van der Waals surface area contributed by atoms with Gasteiger partial charge in [-0.3, -0.25) is 4.98 Å². The summed E-state index contributed by atoms with van der Waals surface area (Å²) in [5, 5.41) is 4.65. The predicted octanol–water partition coefficient (Wildman–Crippen LogP) is 11.6. The molecule has 4 nitrogen and oxygen atoms in total. The van der Waals surface area contributed by atoms with Crippen LogP contribution >= 0.6 is 0 Å². The average molecular weight is 639 g/mol. The molecule has 0 saturated heterocycles. The zero-order chi connectivity index (χ0) is 33.3. The molecule has 0 unspecified atom stereocenters. The van der Waals surface area contributed by atoms with Gasteiger partial charge in [-0.1, -0.05) is 146 Å². The fraction of sp³-hybridized carbons (Fsp3) is 0. The molecule has 0 atom stereocenters. The second kappa shape index (κ2) is 12.7. The van der Waals surface area contributed by atoms with Gasteiger partial charge < -0.3 is 0 Å². The molecule has 0 saturated carbocycles. The molecule has 9 rings (SSSR count). The molecule has 0 aliphatic heterocycles. The first-order valence-electron chi connectivity index (χ1n) is 16.7. The van der Waals surface area contributed by atoms with Crippen LogP contribution in [0.5, 0.6) is 0 Å². The van der Waals surface area contributed by atoms with Crippen LogP contribution in [0.1, 0.15) is 0 Å². The zero-order valence-electron chi connectivity index (χ0n) is 27.1. The Kier molecular flexibility index (Phi) is 7.45. The van der Waals surface area contributed by atoms with Gasteiger partial charge in [0.1, 0.15) is 0 Å². The first kappa shape index (κ1) is 29.4. The van der Waals surface area contributed by atoms with Crippen LogP contribution in [0.15, 0.2) is 182 Å². The first-order chi connectivity index (χ1) is 24.7. The molecule has 7 aromatic carbocycles. The largest absolute Gasteiger partial charge is 0.256 e. The van der Waals surface area contributed by atoms with E-state index in [1.165, 1.54) is 16.3 Å². The fourth-order valence-electron chi connectivity index (χ4n) is 6.45. The molecule has 2 aromatic heterocycles. The number of hydrogen-bond donors (Lipinski definition) is 0. The van der Waals surface area contributed by atoms with Gasteiger partial charge in [-0.2, -0.15) is 0 Å². The molecule has 0 amide bonds. The zero-order valence-corrected chi connectivity index (χ0v) is 27.1. The molecule has 9 aromatic rings. The summed E-state index contributed by atoms with van der Waals surface area (Å²) in [4.78, 5) is 19.7. The molecule has 4 heteroatoms. The van der Waals surface area contributed by atoms with E-state index < -0.39 is 0 Å². The van der Waals surface area contributed by atoms with Crippen LogP contribution in [0, 0.1) is 0 Å². The van der Waals surface area contributed by atoms with Gasteiger partial charge in [0.2, 0.25) is 0 Å². The van der Waals surface area contributed by atoms with Crippen molar-refractivity contribution in [3.05, 3.63) is 182 Å². The van der Waals surface area contributed by atoms with Crippen molar-refractivity contribution in [1.82, 2.24) is 19.9 Å². The van der Waals surface area contributed by atoms with Gasteiger partial charge in [0, 0.05) is 34.0 Å². The highest BCUT2D eigenvalue weighted by Gasteiger charge is 2.14. The Labute approximate surface area is 290 Å². The molecular formula is C46H30N4. The Morgan fingerprint density at radius 1 is 0.260 bits per heavy atom. The Morgan fingerprint density at radius 2 is 0.680 bits per heavy atom. The van der Waals surface area contributed by atoms with Crippen LogP contribution in [0.4, 0.5) is 0 Å². The van der Waals surface area contributed by atoms with Crippen LogP contribution < -0.4 is 0 Å². The molecule has 0 fully saturated rings. The molecule has 50 heavy (non-hydrogen) atoms. The summed E-state index contributed by atoms with van der Waals surface area (Å²) >= 11 is 0. The summed E-state index contributed by atoms with van der Waals surface area (Å²) in [6.07, 6.45) is 1.96. The van der Waals surface area contributed by atoms with Gasteiger partial charge in [0.05, 0.1) is 5.69 Å². The third kappa shape index (κ3) is 5.80. The number of nitrogens with zero attached hydrogens (tertiary/aromatic N) is 4. The van der Waals surface area contributed by atoms with Gasteiger partial charge in [-0.25, -0.2) is 15.0 Å². The molecule has 0 N–H and O–H groups in total. The van der Waals surface area contributed by atoms with Crippen molar-refractivity contribution >= 4 is 21.5 Å². The lowest BCUT2D eigenvalue weighted by Gasteiger charge is -2.10. The maximum absolute atomic E-state index is 5.01. The van der Waals surface area contributed by atoms with Crippen LogP contribution in [0.2, 0.25) is 0 Å². The summed E-state index contributed by atoms with van der Waals surface area (Å²) in [6, 6.07) is 61.0. The summed E-state index contributed by atoms with van der Waals surface area (Å²) in [5.41, 5.74) is 9.49. The van der Waals surface area contributed by atoms with E-state index in [1.807, 2.05) is 60.8 Å². The number of pyridine rings is 1. The summed E-state index contributed by atoms with van der Waals surface area (Å²) in [5.74, 6) is 1.94. The topological polar surface area (TPSA) is 51.6 Å². The van der Waals surface area contributed by atoms with Crippen LogP contribution in [0.25, 0.3) is 89.2 Å². The number of benzene rings is 7. The molecule has 0 aliphatic carbocycles. The molecule has 0 spiro atoms. The van der Waals surface area contributed by atoms with Crippen LogP contribution in [0.3, 0.4) is 0 Å². The predicted molar refractivity (Wildman–Crippen MR) is 205 cm³/mol. The Morgan fingerprint density at radius 3 is 1.26 bits per heavy atom. The lowest BCUT2D eigenvalue weighted by Crippen LogP contribution is -2.00. The average Bonchev–Trinajstić information content (AvgIpc) is 3.20. The lowest BCUT2D eigenvalue weighted by molar-refractivity contribution is 1.07. The van der Waals surface area contributed by atoms with Crippen molar-refractivity contribution < 1.29 is 0 Å². The summed E-state index contributed by atoms with van der Waals surface area (Å²) < 4.78 is 0. The second-order valence-electron chi connectivity index (χ2n) is 12.4. The van der Waals surface area contributed by atoms with Gasteiger partial charge >= 0.3 is 0 Å². The van der Waals surface area contributed by atoms with Crippen LogP contribution in [-0.2, 0) is 0 Å². The fourth-order valence-corrected chi connectivity index (χ4v) is 6.45. The van der Waals surface area contributed by atoms with Gasteiger partial charge in [0.25, 0.3) is 0 Å². The normalized spacial score (nSPS) is 11.2. The molecule has 0 radical (unpaired) electrons. The number of fused-ring (bicyclic) bond motifs is 2. The minimum atomic E-state index is 0.643. The minimum absolute atomic E-state index is 0.643. The lowest BCUT2D eigenvalue weighted by atomic mass is 9.98. The van der Waals surface area contributed by atoms with E-state index in [-0.39, 0.29) is 0 Å². The number of hydrogen-bond acceptors (Lipinski definition) is 4. The first-order valence-corrected chi connectivity index (χ1v) is 16.7. The Hall–Kier alpha value is -6.78. The SMILES string of the molecule is c1ccc(-c2ccc(-c3nc(-c4ccccc4)nc(-c4ccc5cc6cc(-c7ccc(-c8ccccc8)nc7)ccc6cc5c4)n3)cc2)cc1. The maximum atomic E-state index is 5.01. The molecule has 0 bridgehead atoms. The highest BCUT2D eigenvalue weighted by Crippen LogP contribution is 2.32. The van der Waals surface area contributed by atoms with Gasteiger partial charge in [0.15, 0.2) is 17.5 Å². The van der Waals surface area contributed by atoms with Crippen LogP contribution in [-0.4, -0.2) is 19.9 Å². The van der Waals surface area contributed by atoms with Gasteiger partial charge in [-0.15, -0.1) is 0 Å². The summed E-state index contributed by atoms with van der Waals surface area (Å²) in [6.45, 7) is 0.